The zero-order valence-electron chi connectivity index (χ0n) is 12.1. The van der Waals surface area contributed by atoms with E-state index in [9.17, 15) is 4.79 Å². The maximum atomic E-state index is 11.9. The average molecular weight is 301 g/mol. The molecule has 0 bridgehead atoms. The Balaban J connectivity index is 1.71. The molecule has 1 aliphatic heterocycles. The molecule has 1 amide bonds. The van der Waals surface area contributed by atoms with Crippen molar-refractivity contribution in [2.75, 3.05) is 18.0 Å². The van der Waals surface area contributed by atoms with Gasteiger partial charge in [-0.25, -0.2) is 4.98 Å². The van der Waals surface area contributed by atoms with Crippen molar-refractivity contribution in [3.63, 3.8) is 0 Å². The van der Waals surface area contributed by atoms with Crippen molar-refractivity contribution in [3.8, 4) is 0 Å². The Morgan fingerprint density at radius 2 is 2.19 bits per heavy atom. The highest BCUT2D eigenvalue weighted by Crippen LogP contribution is 2.27. The van der Waals surface area contributed by atoms with E-state index in [4.69, 9.17) is 0 Å². The summed E-state index contributed by atoms with van der Waals surface area (Å²) in [5, 5.41) is 5.65. The van der Waals surface area contributed by atoms with Crippen molar-refractivity contribution in [2.45, 2.75) is 26.3 Å². The third kappa shape index (κ3) is 3.08. The van der Waals surface area contributed by atoms with Crippen molar-refractivity contribution in [1.82, 2.24) is 10.3 Å². The van der Waals surface area contributed by atoms with Gasteiger partial charge in [0.15, 0.2) is 5.13 Å². The van der Waals surface area contributed by atoms with Crippen LogP contribution >= 0.6 is 11.3 Å². The molecular weight excluding hydrogens is 282 g/mol. The van der Waals surface area contributed by atoms with E-state index in [0.29, 0.717) is 12.2 Å². The number of carbonyl (C=O) groups is 1. The number of aromatic nitrogens is 1. The molecule has 0 radical (unpaired) electrons. The number of hydrogen-bond donors (Lipinski definition) is 1. The highest BCUT2D eigenvalue weighted by Gasteiger charge is 2.19. The Hall–Kier alpha value is -1.88. The molecule has 4 nitrogen and oxygen atoms in total. The molecule has 1 N–H and O–H groups in total. The lowest BCUT2D eigenvalue weighted by Gasteiger charge is -2.28. The Labute approximate surface area is 128 Å². The third-order valence-corrected chi connectivity index (χ3v) is 4.56. The summed E-state index contributed by atoms with van der Waals surface area (Å²) in [6.45, 7) is 4.57. The topological polar surface area (TPSA) is 45.2 Å². The van der Waals surface area contributed by atoms with Gasteiger partial charge in [0.05, 0.1) is 0 Å². The molecular formula is C16H19N3OS. The molecule has 1 aromatic carbocycles. The molecule has 0 atom stereocenters. The summed E-state index contributed by atoms with van der Waals surface area (Å²) < 4.78 is 0. The molecule has 0 spiro atoms. The van der Waals surface area contributed by atoms with Crippen molar-refractivity contribution >= 4 is 22.4 Å². The number of hydrogen-bond acceptors (Lipinski definition) is 4. The first-order valence-corrected chi connectivity index (χ1v) is 8.21. The number of thiazole rings is 1. The minimum Gasteiger partial charge on any atom is -0.351 e. The standard InChI is InChI=1S/C16H19N3OS/c1-2-8-17-15(20)14-11-21-16(18-14)19-9-7-12-5-3-4-6-13(12)10-19/h3-6,11H,2,7-10H2,1H3,(H,17,20). The number of amides is 1. The van der Waals surface area contributed by atoms with Gasteiger partial charge in [-0.3, -0.25) is 4.79 Å². The van der Waals surface area contributed by atoms with Crippen LogP contribution in [0, 0.1) is 0 Å². The first-order valence-electron chi connectivity index (χ1n) is 7.33. The summed E-state index contributed by atoms with van der Waals surface area (Å²) >= 11 is 1.55. The van der Waals surface area contributed by atoms with Gasteiger partial charge < -0.3 is 10.2 Å². The summed E-state index contributed by atoms with van der Waals surface area (Å²) in [4.78, 5) is 18.7. The quantitative estimate of drug-likeness (QED) is 0.944. The van der Waals surface area contributed by atoms with E-state index in [1.807, 2.05) is 12.3 Å². The van der Waals surface area contributed by atoms with Crippen molar-refractivity contribution in [1.29, 1.82) is 0 Å². The number of nitrogens with one attached hydrogen (secondary N) is 1. The Morgan fingerprint density at radius 3 is 3.00 bits per heavy atom. The van der Waals surface area contributed by atoms with E-state index >= 15 is 0 Å². The molecule has 0 fully saturated rings. The van der Waals surface area contributed by atoms with Gasteiger partial charge in [0.25, 0.3) is 5.91 Å². The van der Waals surface area contributed by atoms with Crippen LogP contribution in [0.25, 0.3) is 0 Å². The van der Waals surface area contributed by atoms with Crippen molar-refractivity contribution in [3.05, 3.63) is 46.5 Å². The average Bonchev–Trinajstić information content (AvgIpc) is 3.02. The Morgan fingerprint density at radius 1 is 1.38 bits per heavy atom. The normalized spacial score (nSPS) is 13.9. The Bertz CT molecular complexity index is 638. The fourth-order valence-corrected chi connectivity index (χ4v) is 3.33. The third-order valence-electron chi connectivity index (χ3n) is 3.66. The number of benzene rings is 1. The monoisotopic (exact) mass is 301 g/mol. The summed E-state index contributed by atoms with van der Waals surface area (Å²) in [7, 11) is 0. The van der Waals surface area contributed by atoms with Crippen LogP contribution in [0.2, 0.25) is 0 Å². The summed E-state index contributed by atoms with van der Waals surface area (Å²) in [5.41, 5.74) is 3.31. The van der Waals surface area contributed by atoms with Gasteiger partial charge in [-0.1, -0.05) is 31.2 Å². The molecule has 21 heavy (non-hydrogen) atoms. The SMILES string of the molecule is CCCNC(=O)c1csc(N2CCc3ccccc3C2)n1. The first kappa shape index (κ1) is 14.1. The number of rotatable bonds is 4. The maximum Gasteiger partial charge on any atom is 0.270 e. The molecule has 0 saturated carbocycles. The van der Waals surface area contributed by atoms with Crippen LogP contribution < -0.4 is 10.2 Å². The number of carbonyl (C=O) groups excluding carboxylic acids is 1. The number of nitrogens with zero attached hydrogens (tertiary/aromatic N) is 2. The smallest absolute Gasteiger partial charge is 0.270 e. The fourth-order valence-electron chi connectivity index (χ4n) is 2.50. The zero-order valence-corrected chi connectivity index (χ0v) is 12.9. The first-order chi connectivity index (χ1) is 10.3. The fraction of sp³-hybridized carbons (Fsp3) is 0.375. The minimum atomic E-state index is -0.0724. The molecule has 2 aromatic rings. The minimum absolute atomic E-state index is 0.0724. The summed E-state index contributed by atoms with van der Waals surface area (Å²) in [6, 6.07) is 8.53. The van der Waals surface area contributed by atoms with E-state index in [2.05, 4.69) is 39.5 Å². The predicted molar refractivity (Wildman–Crippen MR) is 85.9 cm³/mol. The van der Waals surface area contributed by atoms with Gasteiger partial charge in [-0.05, 0) is 24.0 Å². The molecule has 110 valence electrons. The lowest BCUT2D eigenvalue weighted by Crippen LogP contribution is -2.30. The molecule has 1 aromatic heterocycles. The van der Waals surface area contributed by atoms with Gasteiger partial charge in [0, 0.05) is 25.0 Å². The van der Waals surface area contributed by atoms with Crippen LogP contribution in [0.15, 0.2) is 29.6 Å². The molecule has 0 unspecified atom stereocenters. The molecule has 3 rings (SSSR count). The largest absolute Gasteiger partial charge is 0.351 e. The van der Waals surface area contributed by atoms with Crippen LogP contribution in [0.1, 0.15) is 35.0 Å². The van der Waals surface area contributed by atoms with E-state index in [1.54, 1.807) is 11.3 Å². The van der Waals surface area contributed by atoms with Gasteiger partial charge in [-0.15, -0.1) is 11.3 Å². The molecule has 0 saturated heterocycles. The second-order valence-electron chi connectivity index (χ2n) is 5.21. The lowest BCUT2D eigenvalue weighted by molar-refractivity contribution is 0.0949. The van der Waals surface area contributed by atoms with Crippen molar-refractivity contribution < 1.29 is 4.79 Å². The van der Waals surface area contributed by atoms with E-state index in [0.717, 1.165) is 31.1 Å². The lowest BCUT2D eigenvalue weighted by atomic mass is 10.0. The predicted octanol–water partition coefficient (Wildman–Crippen LogP) is 2.85. The molecule has 0 aliphatic carbocycles. The van der Waals surface area contributed by atoms with Gasteiger partial charge in [0.2, 0.25) is 0 Å². The maximum absolute atomic E-state index is 11.9. The van der Waals surface area contributed by atoms with Crippen molar-refractivity contribution in [2.24, 2.45) is 0 Å². The van der Waals surface area contributed by atoms with Gasteiger partial charge in [0.1, 0.15) is 5.69 Å². The summed E-state index contributed by atoms with van der Waals surface area (Å²) in [6.07, 6.45) is 1.97. The van der Waals surface area contributed by atoms with E-state index < -0.39 is 0 Å². The second-order valence-corrected chi connectivity index (χ2v) is 6.05. The Kier molecular flexibility index (Phi) is 4.20. The van der Waals surface area contributed by atoms with E-state index in [1.165, 1.54) is 11.1 Å². The van der Waals surface area contributed by atoms with Crippen LogP contribution in [-0.2, 0) is 13.0 Å². The molecule has 2 heterocycles. The van der Waals surface area contributed by atoms with Gasteiger partial charge in [-0.2, -0.15) is 0 Å². The number of anilines is 1. The molecule has 5 heteroatoms. The van der Waals surface area contributed by atoms with Crippen LogP contribution in [0.3, 0.4) is 0 Å². The van der Waals surface area contributed by atoms with Crippen LogP contribution in [-0.4, -0.2) is 24.0 Å². The number of fused-ring (bicyclic) bond motifs is 1. The zero-order chi connectivity index (χ0) is 14.7. The molecule has 1 aliphatic rings. The highest BCUT2D eigenvalue weighted by atomic mass is 32.1. The van der Waals surface area contributed by atoms with Gasteiger partial charge >= 0.3 is 0 Å². The van der Waals surface area contributed by atoms with Crippen LogP contribution in [0.5, 0.6) is 0 Å². The summed E-state index contributed by atoms with van der Waals surface area (Å²) in [5.74, 6) is -0.0724. The second kappa shape index (κ2) is 6.26. The van der Waals surface area contributed by atoms with E-state index in [-0.39, 0.29) is 5.91 Å². The van der Waals surface area contributed by atoms with Crippen LogP contribution in [0.4, 0.5) is 5.13 Å². The highest BCUT2D eigenvalue weighted by molar-refractivity contribution is 7.13.